The van der Waals surface area contributed by atoms with Crippen LogP contribution in [0.3, 0.4) is 0 Å². The van der Waals surface area contributed by atoms with Gasteiger partial charge in [-0.15, -0.1) is 0 Å². The minimum Gasteiger partial charge on any atom is -0.508 e. The SMILES string of the molecule is Oc1ccc2ccccc2c1C(c1c(O)ccc2ccccc12)C(Cl)(Cl)Cl. The van der Waals surface area contributed by atoms with Crippen LogP contribution in [0, 0.1) is 0 Å². The average molecular weight is 418 g/mol. The largest absolute Gasteiger partial charge is 0.508 e. The van der Waals surface area contributed by atoms with Crippen LogP contribution in [0.2, 0.25) is 0 Å². The van der Waals surface area contributed by atoms with Crippen molar-refractivity contribution in [3.8, 4) is 11.5 Å². The normalized spacial score (nSPS) is 12.1. The van der Waals surface area contributed by atoms with Gasteiger partial charge in [0.2, 0.25) is 3.79 Å². The standard InChI is InChI=1S/C22H15Cl3O2/c23-22(24,25)21(19-15-7-3-1-5-13(15)9-11-17(19)26)20-16-8-4-2-6-14(16)10-12-18(20)27/h1-12,21,26-27H. The van der Waals surface area contributed by atoms with Gasteiger partial charge in [-0.1, -0.05) is 95.5 Å². The van der Waals surface area contributed by atoms with E-state index in [9.17, 15) is 10.2 Å². The van der Waals surface area contributed by atoms with E-state index in [0.29, 0.717) is 11.1 Å². The van der Waals surface area contributed by atoms with E-state index in [2.05, 4.69) is 0 Å². The number of halogens is 3. The first-order valence-electron chi connectivity index (χ1n) is 8.36. The van der Waals surface area contributed by atoms with Crippen LogP contribution in [-0.2, 0) is 0 Å². The van der Waals surface area contributed by atoms with Crippen LogP contribution in [0.1, 0.15) is 17.0 Å². The van der Waals surface area contributed by atoms with E-state index in [-0.39, 0.29) is 11.5 Å². The highest BCUT2D eigenvalue weighted by atomic mass is 35.6. The topological polar surface area (TPSA) is 40.5 Å². The third-order valence-electron chi connectivity index (χ3n) is 4.80. The van der Waals surface area contributed by atoms with Gasteiger partial charge in [0.05, 0.1) is 5.92 Å². The highest BCUT2D eigenvalue weighted by molar-refractivity contribution is 6.68. The van der Waals surface area contributed by atoms with Crippen molar-refractivity contribution in [1.82, 2.24) is 0 Å². The van der Waals surface area contributed by atoms with Crippen molar-refractivity contribution < 1.29 is 10.2 Å². The van der Waals surface area contributed by atoms with E-state index in [1.165, 1.54) is 0 Å². The molecule has 0 saturated carbocycles. The van der Waals surface area contributed by atoms with Gasteiger partial charge in [-0.2, -0.15) is 0 Å². The molecule has 5 heteroatoms. The summed E-state index contributed by atoms with van der Waals surface area (Å²) < 4.78 is -1.80. The molecule has 0 radical (unpaired) electrons. The van der Waals surface area contributed by atoms with Gasteiger partial charge in [-0.25, -0.2) is 0 Å². The summed E-state index contributed by atoms with van der Waals surface area (Å²) in [6.07, 6.45) is 0. The Balaban J connectivity index is 2.13. The molecule has 0 spiro atoms. The van der Waals surface area contributed by atoms with Crippen molar-refractivity contribution in [3.63, 3.8) is 0 Å². The molecule has 0 saturated heterocycles. The number of hydrogen-bond acceptors (Lipinski definition) is 2. The van der Waals surface area contributed by atoms with E-state index < -0.39 is 9.71 Å². The Morgan fingerprint density at radius 2 is 1.00 bits per heavy atom. The van der Waals surface area contributed by atoms with E-state index in [1.54, 1.807) is 12.1 Å². The molecule has 4 aromatic rings. The Kier molecular flexibility index (Phi) is 4.59. The fraction of sp³-hybridized carbons (Fsp3) is 0.0909. The maximum Gasteiger partial charge on any atom is 0.201 e. The number of rotatable bonds is 2. The number of benzene rings is 4. The van der Waals surface area contributed by atoms with Crippen molar-refractivity contribution in [2.45, 2.75) is 9.71 Å². The summed E-state index contributed by atoms with van der Waals surface area (Å²) in [5.41, 5.74) is 0.944. The molecule has 0 amide bonds. The lowest BCUT2D eigenvalue weighted by Crippen LogP contribution is -2.19. The van der Waals surface area contributed by atoms with Crippen LogP contribution in [0.5, 0.6) is 11.5 Å². The molecule has 0 atom stereocenters. The van der Waals surface area contributed by atoms with E-state index in [4.69, 9.17) is 34.8 Å². The number of phenolic OH excluding ortho intramolecular Hbond substituents is 2. The van der Waals surface area contributed by atoms with E-state index in [1.807, 2.05) is 60.7 Å². The Hall–Kier alpha value is -2.13. The van der Waals surface area contributed by atoms with Gasteiger partial charge in [0, 0.05) is 11.1 Å². The summed E-state index contributed by atoms with van der Waals surface area (Å²) in [5.74, 6) is -0.852. The molecule has 4 aromatic carbocycles. The fourth-order valence-corrected chi connectivity index (χ4v) is 4.30. The molecule has 0 unspecified atom stereocenters. The molecular formula is C22H15Cl3O2. The zero-order chi connectivity index (χ0) is 19.2. The highest BCUT2D eigenvalue weighted by Crippen LogP contribution is 2.53. The Morgan fingerprint density at radius 1 is 0.593 bits per heavy atom. The molecule has 0 aliphatic heterocycles. The number of aromatic hydroxyl groups is 2. The van der Waals surface area contributed by atoms with Crippen LogP contribution in [0.4, 0.5) is 0 Å². The molecule has 136 valence electrons. The minimum atomic E-state index is -1.80. The van der Waals surface area contributed by atoms with Gasteiger partial charge in [0.1, 0.15) is 11.5 Å². The molecule has 4 rings (SSSR count). The van der Waals surface area contributed by atoms with Gasteiger partial charge in [-0.3, -0.25) is 0 Å². The Bertz CT molecular complexity index is 1060. The van der Waals surface area contributed by atoms with Crippen molar-refractivity contribution in [2.24, 2.45) is 0 Å². The van der Waals surface area contributed by atoms with Crippen molar-refractivity contribution in [3.05, 3.63) is 83.9 Å². The quantitative estimate of drug-likeness (QED) is 0.348. The molecule has 0 bridgehead atoms. The van der Waals surface area contributed by atoms with Gasteiger partial charge in [-0.05, 0) is 33.7 Å². The predicted octanol–water partition coefficient (Wildman–Crippen LogP) is 6.91. The zero-order valence-corrected chi connectivity index (χ0v) is 16.3. The van der Waals surface area contributed by atoms with Crippen LogP contribution in [-0.4, -0.2) is 14.0 Å². The average Bonchev–Trinajstić information content (AvgIpc) is 2.64. The second-order valence-electron chi connectivity index (χ2n) is 6.41. The molecule has 27 heavy (non-hydrogen) atoms. The monoisotopic (exact) mass is 416 g/mol. The van der Waals surface area contributed by atoms with Gasteiger partial charge < -0.3 is 10.2 Å². The number of alkyl halides is 3. The number of phenols is 2. The first-order valence-corrected chi connectivity index (χ1v) is 9.49. The molecule has 0 aliphatic rings. The summed E-state index contributed by atoms with van der Waals surface area (Å²) in [6.45, 7) is 0. The van der Waals surface area contributed by atoms with Crippen molar-refractivity contribution in [2.75, 3.05) is 0 Å². The van der Waals surface area contributed by atoms with Crippen LogP contribution >= 0.6 is 34.8 Å². The maximum absolute atomic E-state index is 10.7. The maximum atomic E-state index is 10.7. The third kappa shape index (κ3) is 3.19. The second kappa shape index (κ2) is 6.79. The highest BCUT2D eigenvalue weighted by Gasteiger charge is 2.40. The van der Waals surface area contributed by atoms with Gasteiger partial charge in [0.25, 0.3) is 0 Å². The van der Waals surface area contributed by atoms with Gasteiger partial charge >= 0.3 is 0 Å². The van der Waals surface area contributed by atoms with Crippen molar-refractivity contribution in [1.29, 1.82) is 0 Å². The third-order valence-corrected chi connectivity index (χ3v) is 5.45. The van der Waals surface area contributed by atoms with Crippen molar-refractivity contribution >= 4 is 56.3 Å². The molecule has 0 aliphatic carbocycles. The lowest BCUT2D eigenvalue weighted by atomic mass is 9.85. The zero-order valence-electron chi connectivity index (χ0n) is 14.0. The first-order chi connectivity index (χ1) is 12.9. The smallest absolute Gasteiger partial charge is 0.201 e. The lowest BCUT2D eigenvalue weighted by molar-refractivity contribution is 0.456. The Morgan fingerprint density at radius 3 is 1.41 bits per heavy atom. The lowest BCUT2D eigenvalue weighted by Gasteiger charge is -2.29. The van der Waals surface area contributed by atoms with E-state index >= 15 is 0 Å². The molecule has 0 aromatic heterocycles. The Labute approximate surface area is 171 Å². The molecule has 2 nitrogen and oxygen atoms in total. The summed E-state index contributed by atoms with van der Waals surface area (Å²) in [5, 5.41) is 24.8. The van der Waals surface area contributed by atoms with E-state index in [0.717, 1.165) is 21.5 Å². The molecule has 0 fully saturated rings. The van der Waals surface area contributed by atoms with Crippen LogP contribution < -0.4 is 0 Å². The van der Waals surface area contributed by atoms with Crippen LogP contribution in [0.25, 0.3) is 21.5 Å². The number of hydrogen-bond donors (Lipinski definition) is 2. The molecule has 2 N–H and O–H groups in total. The predicted molar refractivity (Wildman–Crippen MR) is 113 cm³/mol. The molecule has 0 heterocycles. The summed E-state index contributed by atoms with van der Waals surface area (Å²) >= 11 is 19.3. The number of fused-ring (bicyclic) bond motifs is 2. The summed E-state index contributed by atoms with van der Waals surface area (Å²) in [4.78, 5) is 0. The molecular weight excluding hydrogens is 403 g/mol. The first kappa shape index (κ1) is 18.2. The van der Waals surface area contributed by atoms with Gasteiger partial charge in [0.15, 0.2) is 0 Å². The van der Waals surface area contributed by atoms with Crippen LogP contribution in [0.15, 0.2) is 72.8 Å². The fourth-order valence-electron chi connectivity index (χ4n) is 3.65. The summed E-state index contributed by atoms with van der Waals surface area (Å²) in [7, 11) is 0. The minimum absolute atomic E-state index is 0.0114. The summed E-state index contributed by atoms with van der Waals surface area (Å²) in [6, 6.07) is 21.9. The second-order valence-corrected chi connectivity index (χ2v) is 8.78.